The highest BCUT2D eigenvalue weighted by molar-refractivity contribution is 6.31. The molecule has 0 aliphatic heterocycles. The van der Waals surface area contributed by atoms with E-state index in [1.165, 1.54) is 7.11 Å². The van der Waals surface area contributed by atoms with Crippen molar-refractivity contribution in [2.75, 3.05) is 25.6 Å². The number of carbonyl (C=O) groups is 1. The number of rotatable bonds is 5. The van der Waals surface area contributed by atoms with Gasteiger partial charge >= 0.3 is 6.03 Å². The van der Waals surface area contributed by atoms with Gasteiger partial charge in [0.25, 0.3) is 0 Å². The fraction of sp³-hybridized carbons (Fsp3) is 0.143. The Kier molecular flexibility index (Phi) is 6.55. The summed E-state index contributed by atoms with van der Waals surface area (Å²) in [5, 5.41) is 6.81. The summed E-state index contributed by atoms with van der Waals surface area (Å²) < 4.78 is 10.9. The zero-order valence-electron chi connectivity index (χ0n) is 15.2. The SMILES string of the molecule is COc1ccc(Cl)cc1NC(=O)NCC#CCOc1cccc2cccnc12. The van der Waals surface area contributed by atoms with Crippen molar-refractivity contribution in [3.8, 4) is 23.3 Å². The van der Waals surface area contributed by atoms with Crippen molar-refractivity contribution >= 4 is 34.2 Å². The maximum atomic E-state index is 12.0. The molecule has 0 aliphatic carbocycles. The van der Waals surface area contributed by atoms with E-state index in [0.29, 0.717) is 22.2 Å². The number of halogens is 1. The Morgan fingerprint density at radius 2 is 2.00 bits per heavy atom. The van der Waals surface area contributed by atoms with E-state index in [1.54, 1.807) is 24.4 Å². The first kappa shape index (κ1) is 19.3. The Morgan fingerprint density at radius 1 is 1.14 bits per heavy atom. The summed E-state index contributed by atoms with van der Waals surface area (Å²) in [5.74, 6) is 6.89. The van der Waals surface area contributed by atoms with Gasteiger partial charge in [-0.1, -0.05) is 41.6 Å². The molecule has 2 amide bonds. The zero-order chi connectivity index (χ0) is 19.8. The Balaban J connectivity index is 1.48. The summed E-state index contributed by atoms with van der Waals surface area (Å²) in [4.78, 5) is 16.3. The second kappa shape index (κ2) is 9.49. The van der Waals surface area contributed by atoms with Crippen LogP contribution in [0.5, 0.6) is 11.5 Å². The first-order valence-electron chi connectivity index (χ1n) is 8.48. The van der Waals surface area contributed by atoms with Gasteiger partial charge in [0.05, 0.1) is 19.3 Å². The Labute approximate surface area is 167 Å². The fourth-order valence-corrected chi connectivity index (χ4v) is 2.66. The normalized spacial score (nSPS) is 9.93. The predicted molar refractivity (Wildman–Crippen MR) is 110 cm³/mol. The second-order valence-corrected chi connectivity index (χ2v) is 6.06. The van der Waals surface area contributed by atoms with E-state index in [0.717, 1.165) is 10.9 Å². The number of fused-ring (bicyclic) bond motifs is 1. The van der Waals surface area contributed by atoms with Crippen molar-refractivity contribution < 1.29 is 14.3 Å². The van der Waals surface area contributed by atoms with E-state index < -0.39 is 6.03 Å². The number of benzene rings is 2. The number of nitrogens with zero attached hydrogens (tertiary/aromatic N) is 1. The summed E-state index contributed by atoms with van der Waals surface area (Å²) in [6, 6.07) is 14.1. The number of ether oxygens (including phenoxy) is 2. The molecule has 0 radical (unpaired) electrons. The van der Waals surface area contributed by atoms with Gasteiger partial charge in [0, 0.05) is 16.6 Å². The molecule has 0 fully saturated rings. The molecule has 142 valence electrons. The number of methoxy groups -OCH3 is 1. The number of amides is 2. The van der Waals surface area contributed by atoms with E-state index in [2.05, 4.69) is 27.5 Å². The first-order valence-corrected chi connectivity index (χ1v) is 8.86. The van der Waals surface area contributed by atoms with Crippen LogP contribution in [0, 0.1) is 11.8 Å². The van der Waals surface area contributed by atoms with Crippen LogP contribution in [0.2, 0.25) is 5.02 Å². The zero-order valence-corrected chi connectivity index (χ0v) is 15.9. The number of carbonyl (C=O) groups excluding carboxylic acids is 1. The Bertz CT molecular complexity index is 1040. The largest absolute Gasteiger partial charge is 0.495 e. The lowest BCUT2D eigenvalue weighted by molar-refractivity contribution is 0.253. The summed E-state index contributed by atoms with van der Waals surface area (Å²) in [7, 11) is 1.52. The van der Waals surface area contributed by atoms with E-state index in [1.807, 2.05) is 30.3 Å². The summed E-state index contributed by atoms with van der Waals surface area (Å²) >= 11 is 5.94. The molecule has 1 heterocycles. The van der Waals surface area contributed by atoms with Crippen molar-refractivity contribution in [3.05, 3.63) is 59.8 Å². The average Bonchev–Trinajstić information content (AvgIpc) is 2.71. The van der Waals surface area contributed by atoms with Crippen LogP contribution in [-0.4, -0.2) is 31.3 Å². The van der Waals surface area contributed by atoms with Gasteiger partial charge in [-0.15, -0.1) is 0 Å². The topological polar surface area (TPSA) is 72.5 Å². The van der Waals surface area contributed by atoms with Crippen LogP contribution in [-0.2, 0) is 0 Å². The van der Waals surface area contributed by atoms with Crippen LogP contribution < -0.4 is 20.1 Å². The number of anilines is 1. The van der Waals surface area contributed by atoms with Gasteiger partial charge < -0.3 is 20.1 Å². The lowest BCUT2D eigenvalue weighted by Crippen LogP contribution is -2.29. The highest BCUT2D eigenvalue weighted by Crippen LogP contribution is 2.27. The summed E-state index contributed by atoms with van der Waals surface area (Å²) in [6.07, 6.45) is 1.72. The molecule has 7 heteroatoms. The van der Waals surface area contributed by atoms with Crippen LogP contribution in [0.4, 0.5) is 10.5 Å². The third-order valence-corrected chi connectivity index (χ3v) is 4.00. The maximum absolute atomic E-state index is 12.0. The number of para-hydroxylation sites is 1. The molecular formula is C21H18ClN3O3. The van der Waals surface area contributed by atoms with Crippen molar-refractivity contribution in [3.63, 3.8) is 0 Å². The van der Waals surface area contributed by atoms with Gasteiger partial charge in [0.2, 0.25) is 0 Å². The van der Waals surface area contributed by atoms with Gasteiger partial charge in [-0.05, 0) is 30.3 Å². The van der Waals surface area contributed by atoms with Gasteiger partial charge in [-0.25, -0.2) is 4.79 Å². The fourth-order valence-electron chi connectivity index (χ4n) is 2.49. The quantitative estimate of drug-likeness (QED) is 0.638. The average molecular weight is 396 g/mol. The number of pyridine rings is 1. The molecule has 6 nitrogen and oxygen atoms in total. The molecule has 1 aromatic heterocycles. The standard InChI is InChI=1S/C21H18ClN3O3/c1-27-18-10-9-16(22)14-17(18)25-21(26)24-11-2-3-13-28-19-8-4-6-15-7-5-12-23-20(15)19/h4-10,12,14H,11,13H2,1H3,(H2,24,25,26). The number of hydrogen-bond donors (Lipinski definition) is 2. The molecule has 0 aliphatic rings. The Hall–Kier alpha value is -3.43. The highest BCUT2D eigenvalue weighted by Gasteiger charge is 2.07. The number of urea groups is 1. The second-order valence-electron chi connectivity index (χ2n) is 5.63. The van der Waals surface area contributed by atoms with Gasteiger partial charge in [-0.2, -0.15) is 0 Å². The third kappa shape index (κ3) is 5.06. The minimum atomic E-state index is -0.408. The summed E-state index contributed by atoms with van der Waals surface area (Å²) in [5.41, 5.74) is 1.27. The molecule has 0 spiro atoms. The summed E-state index contributed by atoms with van der Waals surface area (Å²) in [6.45, 7) is 0.368. The Morgan fingerprint density at radius 3 is 2.86 bits per heavy atom. The lowest BCUT2D eigenvalue weighted by atomic mass is 10.2. The molecule has 3 aromatic rings. The van der Waals surface area contributed by atoms with Gasteiger partial charge in [0.1, 0.15) is 23.6 Å². The molecule has 0 bridgehead atoms. The minimum absolute atomic E-state index is 0.172. The smallest absolute Gasteiger partial charge is 0.320 e. The number of hydrogen-bond acceptors (Lipinski definition) is 4. The van der Waals surface area contributed by atoms with E-state index in [4.69, 9.17) is 21.1 Å². The maximum Gasteiger partial charge on any atom is 0.320 e. The number of aromatic nitrogens is 1. The van der Waals surface area contributed by atoms with Crippen LogP contribution in [0.3, 0.4) is 0 Å². The highest BCUT2D eigenvalue weighted by atomic mass is 35.5. The molecule has 2 N–H and O–H groups in total. The monoisotopic (exact) mass is 395 g/mol. The van der Waals surface area contributed by atoms with Gasteiger partial charge in [-0.3, -0.25) is 4.98 Å². The van der Waals surface area contributed by atoms with Crippen LogP contribution in [0.25, 0.3) is 10.9 Å². The molecule has 2 aromatic carbocycles. The molecular weight excluding hydrogens is 378 g/mol. The van der Waals surface area contributed by atoms with E-state index in [-0.39, 0.29) is 13.2 Å². The molecule has 0 saturated heterocycles. The van der Waals surface area contributed by atoms with Gasteiger partial charge in [0.15, 0.2) is 0 Å². The first-order chi connectivity index (χ1) is 13.7. The third-order valence-electron chi connectivity index (χ3n) is 3.77. The minimum Gasteiger partial charge on any atom is -0.495 e. The van der Waals surface area contributed by atoms with Crippen molar-refractivity contribution in [1.82, 2.24) is 10.3 Å². The van der Waals surface area contributed by atoms with Crippen LogP contribution in [0.15, 0.2) is 54.7 Å². The number of nitrogens with one attached hydrogen (secondary N) is 2. The van der Waals surface area contributed by atoms with Crippen molar-refractivity contribution in [2.45, 2.75) is 0 Å². The van der Waals surface area contributed by atoms with Crippen LogP contribution >= 0.6 is 11.6 Å². The predicted octanol–water partition coefficient (Wildman–Crippen LogP) is 4.10. The van der Waals surface area contributed by atoms with E-state index in [9.17, 15) is 4.79 Å². The molecule has 0 unspecified atom stereocenters. The van der Waals surface area contributed by atoms with Crippen molar-refractivity contribution in [2.24, 2.45) is 0 Å². The molecule has 0 atom stereocenters. The van der Waals surface area contributed by atoms with Crippen LogP contribution in [0.1, 0.15) is 0 Å². The molecule has 0 saturated carbocycles. The van der Waals surface area contributed by atoms with E-state index >= 15 is 0 Å². The molecule has 28 heavy (non-hydrogen) atoms. The molecule has 3 rings (SSSR count). The lowest BCUT2D eigenvalue weighted by Gasteiger charge is -2.10. The van der Waals surface area contributed by atoms with Crippen molar-refractivity contribution in [1.29, 1.82) is 0 Å².